The number of hydrogen-bond acceptors (Lipinski definition) is 13. The van der Waals surface area contributed by atoms with Gasteiger partial charge in [0.1, 0.15) is 12.2 Å². The molecule has 0 aromatic rings. The molecule has 12 nitrogen and oxygen atoms in total. The van der Waals surface area contributed by atoms with Crippen molar-refractivity contribution in [3.63, 3.8) is 0 Å². The van der Waals surface area contributed by atoms with Crippen LogP contribution in [-0.2, 0) is 53.2 Å². The first-order valence-corrected chi connectivity index (χ1v) is 20.7. The van der Waals surface area contributed by atoms with Crippen molar-refractivity contribution in [1.82, 2.24) is 0 Å². The number of nitrogens with zero attached hydrogens (tertiary/aromatic N) is 2. The van der Waals surface area contributed by atoms with E-state index in [9.17, 15) is 15.6 Å². The maximum absolute atomic E-state index is 10.3. The number of ether oxygens (including phenoxy) is 3. The molecule has 3 rings (SSSR count). The van der Waals surface area contributed by atoms with Crippen molar-refractivity contribution in [3.8, 4) is 12.1 Å². The van der Waals surface area contributed by atoms with Gasteiger partial charge in [-0.1, -0.05) is 47.6 Å². The Balaban J connectivity index is 1.79. The van der Waals surface area contributed by atoms with Gasteiger partial charge in [-0.15, -0.1) is 6.58 Å². The third kappa shape index (κ3) is 12.3. The summed E-state index contributed by atoms with van der Waals surface area (Å²) in [5.74, 6) is 0. The van der Waals surface area contributed by atoms with E-state index in [0.717, 1.165) is 12.8 Å². The van der Waals surface area contributed by atoms with Crippen molar-refractivity contribution < 1.29 is 46.5 Å². The van der Waals surface area contributed by atoms with Crippen LogP contribution in [-0.4, -0.2) is 87.0 Å². The van der Waals surface area contributed by atoms with Crippen LogP contribution >= 0.6 is 15.3 Å². The van der Waals surface area contributed by atoms with Crippen LogP contribution in [0.2, 0.25) is 0 Å². The van der Waals surface area contributed by atoms with E-state index in [1.54, 1.807) is 0 Å². The van der Waals surface area contributed by atoms with Gasteiger partial charge in [0.2, 0.25) is 0 Å². The number of aliphatic hydroxyl groups excluding tert-OH is 1. The molecule has 0 spiro atoms. The summed E-state index contributed by atoms with van der Waals surface area (Å²) >= 11 is 6.00. The van der Waals surface area contributed by atoms with Crippen molar-refractivity contribution in [2.75, 3.05) is 33.0 Å². The molecule has 3 fully saturated rings. The molecule has 0 amide bonds. The minimum atomic E-state index is -3.39. The molecule has 0 aromatic heterocycles. The van der Waals surface area contributed by atoms with Crippen LogP contribution < -0.4 is 0 Å². The summed E-state index contributed by atoms with van der Waals surface area (Å²) in [6.07, 6.45) is 2.37. The first kappa shape index (κ1) is 41.8. The topological polar surface area (TPSA) is 151 Å². The Bertz CT molecular complexity index is 1130. The molecule has 0 saturated carbocycles. The zero-order valence-corrected chi connectivity index (χ0v) is 32.0. The van der Waals surface area contributed by atoms with Crippen LogP contribution in [0.5, 0.6) is 0 Å². The average Bonchev–Trinajstić information content (AvgIpc) is 3.79. The first-order valence-electron chi connectivity index (χ1n) is 17.1. The minimum absolute atomic E-state index is 0.0219. The van der Waals surface area contributed by atoms with Crippen molar-refractivity contribution >= 4 is 27.1 Å². The molecule has 3 heterocycles. The molecule has 11 unspecified atom stereocenters. The highest BCUT2D eigenvalue weighted by Crippen LogP contribution is 2.56. The molecule has 11 atom stereocenters. The maximum atomic E-state index is 10.3. The number of allylic oxidation sites excluding steroid dienone is 1. The molecule has 0 aromatic carbocycles. The SMILES string of the molecule is C=CCC(C)(CC)C(CC#N)OP(OCC1OCCC1O)OC1CCOC1COP(=S)(OC1CCOC1CC)OC(CC#N)C(C)(C)C. The monoisotopic (exact) mass is 734 g/mol. The fourth-order valence-electron chi connectivity index (χ4n) is 5.75. The average molecular weight is 735 g/mol. The second kappa shape index (κ2) is 19.9. The number of aliphatic hydroxyl groups is 1. The maximum Gasteiger partial charge on any atom is 0.333 e. The van der Waals surface area contributed by atoms with E-state index in [0.29, 0.717) is 45.5 Å². The minimum Gasteiger partial charge on any atom is -0.390 e. The van der Waals surface area contributed by atoms with Gasteiger partial charge in [0, 0.05) is 32.7 Å². The zero-order valence-electron chi connectivity index (χ0n) is 29.4. The lowest BCUT2D eigenvalue weighted by molar-refractivity contribution is -0.0331. The molecule has 3 saturated heterocycles. The number of rotatable bonds is 21. The van der Waals surface area contributed by atoms with Gasteiger partial charge in [0.05, 0.1) is 74.8 Å². The molecule has 15 heteroatoms. The van der Waals surface area contributed by atoms with Gasteiger partial charge in [0.25, 0.3) is 0 Å². The van der Waals surface area contributed by atoms with Gasteiger partial charge in [-0.2, -0.15) is 10.5 Å². The highest BCUT2D eigenvalue weighted by Gasteiger charge is 2.43. The van der Waals surface area contributed by atoms with E-state index in [-0.39, 0.29) is 43.7 Å². The third-order valence-corrected chi connectivity index (χ3v) is 12.9. The Morgan fingerprint density at radius 3 is 2.17 bits per heavy atom. The normalized spacial score (nSPS) is 30.5. The summed E-state index contributed by atoms with van der Waals surface area (Å²) in [7, 11) is -2.00. The molecule has 3 aliphatic heterocycles. The van der Waals surface area contributed by atoms with E-state index in [2.05, 4.69) is 32.6 Å². The molecule has 1 N–H and O–H groups in total. The first-order chi connectivity index (χ1) is 22.8. The van der Waals surface area contributed by atoms with E-state index in [4.69, 9.17) is 53.2 Å². The highest BCUT2D eigenvalue weighted by atomic mass is 32.5. The molecule has 0 bridgehead atoms. The predicted molar refractivity (Wildman–Crippen MR) is 185 cm³/mol. The van der Waals surface area contributed by atoms with Crippen molar-refractivity contribution in [2.24, 2.45) is 10.8 Å². The second-order valence-electron chi connectivity index (χ2n) is 13.9. The smallest absolute Gasteiger partial charge is 0.333 e. The van der Waals surface area contributed by atoms with Gasteiger partial charge >= 0.3 is 15.3 Å². The zero-order chi connectivity index (χ0) is 35.4. The fourth-order valence-corrected chi connectivity index (χ4v) is 9.79. The highest BCUT2D eigenvalue weighted by molar-refractivity contribution is 8.07. The Labute approximate surface area is 293 Å². The van der Waals surface area contributed by atoms with Crippen LogP contribution in [0.15, 0.2) is 12.7 Å². The summed E-state index contributed by atoms with van der Waals surface area (Å²) < 4.78 is 55.9. The van der Waals surface area contributed by atoms with Gasteiger partial charge in [-0.3, -0.25) is 0 Å². The van der Waals surface area contributed by atoms with E-state index in [1.165, 1.54) is 0 Å². The third-order valence-electron chi connectivity index (χ3n) is 9.29. The van der Waals surface area contributed by atoms with Crippen LogP contribution in [0, 0.1) is 33.5 Å². The summed E-state index contributed by atoms with van der Waals surface area (Å²) in [6.45, 7) is 14.1. The number of hydrogen-bond donors (Lipinski definition) is 1. The quantitative estimate of drug-likeness (QED) is 0.0952. The second-order valence-corrected chi connectivity index (χ2v) is 17.9. The van der Waals surface area contributed by atoms with E-state index >= 15 is 0 Å². The lowest BCUT2D eigenvalue weighted by Gasteiger charge is -2.37. The lowest BCUT2D eigenvalue weighted by Crippen LogP contribution is -2.35. The van der Waals surface area contributed by atoms with Crippen LogP contribution in [0.4, 0.5) is 0 Å². The fraction of sp³-hybridized carbons (Fsp3) is 0.879. The van der Waals surface area contributed by atoms with Gasteiger partial charge in [-0.05, 0) is 48.3 Å². The Morgan fingerprint density at radius 1 is 0.958 bits per heavy atom. The van der Waals surface area contributed by atoms with Gasteiger partial charge in [0.15, 0.2) is 0 Å². The van der Waals surface area contributed by atoms with Crippen LogP contribution in [0.25, 0.3) is 0 Å². The largest absolute Gasteiger partial charge is 0.390 e. The molecular formula is C33H56N2O10P2S. The molecular weight excluding hydrogens is 678 g/mol. The molecule has 0 radical (unpaired) electrons. The lowest BCUT2D eigenvalue weighted by atomic mass is 9.77. The molecule has 274 valence electrons. The van der Waals surface area contributed by atoms with E-state index < -0.39 is 57.4 Å². The van der Waals surface area contributed by atoms with Crippen molar-refractivity contribution in [3.05, 3.63) is 12.7 Å². The molecule has 48 heavy (non-hydrogen) atoms. The van der Waals surface area contributed by atoms with E-state index in [1.807, 2.05) is 33.8 Å². The molecule has 3 aliphatic rings. The Kier molecular flexibility index (Phi) is 17.3. The summed E-state index contributed by atoms with van der Waals surface area (Å²) in [6, 6.07) is 4.46. The van der Waals surface area contributed by atoms with Crippen molar-refractivity contribution in [2.45, 2.75) is 142 Å². The van der Waals surface area contributed by atoms with Gasteiger partial charge in [-0.25, -0.2) is 0 Å². The van der Waals surface area contributed by atoms with Crippen molar-refractivity contribution in [1.29, 1.82) is 10.5 Å². The summed E-state index contributed by atoms with van der Waals surface area (Å²) in [5, 5.41) is 29.6. The predicted octanol–water partition coefficient (Wildman–Crippen LogP) is 7.02. The Morgan fingerprint density at radius 2 is 1.58 bits per heavy atom. The summed E-state index contributed by atoms with van der Waals surface area (Å²) in [4.78, 5) is 0. The molecule has 0 aliphatic carbocycles. The summed E-state index contributed by atoms with van der Waals surface area (Å²) in [5.41, 5.74) is -0.769. The Hall–Kier alpha value is -0.600. The van der Waals surface area contributed by atoms with Crippen LogP contribution in [0.1, 0.15) is 92.9 Å². The number of nitriles is 2. The van der Waals surface area contributed by atoms with Gasteiger partial charge < -0.3 is 46.5 Å². The standard InChI is InChI=1S/C33H56N2O10P2S/c1-8-16-33(7,10-3)31(12-18-35)43-46(40-22-28-24(36)13-19-38-28)42-26-14-20-39-29(26)23-41-47(48,44-27-15-21-37-25(27)9-2)45-30(11-17-34)32(4,5)6/h8,24-31,36H,1,9-16,19-23H2,2-7H3. The van der Waals surface area contributed by atoms with Crippen LogP contribution in [0.3, 0.4) is 0 Å².